The number of piperidine rings is 1. The van der Waals surface area contributed by atoms with Crippen molar-refractivity contribution < 1.29 is 4.74 Å². The average Bonchev–Trinajstić information content (AvgIpc) is 3.05. The largest absolute Gasteiger partial charge is 0.489 e. The third kappa shape index (κ3) is 3.32. The van der Waals surface area contributed by atoms with Crippen molar-refractivity contribution in [3.8, 4) is 11.4 Å². The molecule has 2 unspecified atom stereocenters. The third-order valence-corrected chi connectivity index (χ3v) is 6.15. The van der Waals surface area contributed by atoms with Gasteiger partial charge in [0.1, 0.15) is 12.4 Å². The number of fused-ring (bicyclic) bond motifs is 3. The fourth-order valence-electron chi connectivity index (χ4n) is 4.61. The number of hydrogen-bond acceptors (Lipinski definition) is 4. The van der Waals surface area contributed by atoms with Gasteiger partial charge in [0, 0.05) is 43.5 Å². The molecule has 1 N–H and O–H groups in total. The van der Waals surface area contributed by atoms with E-state index in [9.17, 15) is 4.79 Å². The van der Waals surface area contributed by atoms with E-state index in [4.69, 9.17) is 4.74 Å². The lowest BCUT2D eigenvalue weighted by atomic mass is 9.90. The zero-order chi connectivity index (χ0) is 19.8. The standard InChI is InChI=1S/C24H25N3O2/c1-26-22-9-11-25-15-21(22)20-8-7-18(13-23(20)26)27-12-10-19(14-24(27)28)29-16-17-5-3-2-4-6-17/h2-8,10,12-14,21-22,25H,9,11,15-16H2,1H3. The van der Waals surface area contributed by atoms with Crippen molar-refractivity contribution in [3.63, 3.8) is 0 Å². The molecule has 5 heteroatoms. The van der Waals surface area contributed by atoms with Gasteiger partial charge in [0.25, 0.3) is 5.56 Å². The van der Waals surface area contributed by atoms with Crippen LogP contribution in [0.4, 0.5) is 5.69 Å². The highest BCUT2D eigenvalue weighted by atomic mass is 16.5. The fourth-order valence-corrected chi connectivity index (χ4v) is 4.61. The van der Waals surface area contributed by atoms with E-state index >= 15 is 0 Å². The van der Waals surface area contributed by atoms with Crippen LogP contribution >= 0.6 is 0 Å². The minimum Gasteiger partial charge on any atom is -0.489 e. The molecule has 2 aliphatic heterocycles. The molecule has 2 aliphatic rings. The molecule has 3 heterocycles. The lowest BCUT2D eigenvalue weighted by Gasteiger charge is -2.31. The second-order valence-electron chi connectivity index (χ2n) is 7.87. The maximum atomic E-state index is 12.7. The molecule has 0 saturated carbocycles. The molecule has 0 spiro atoms. The smallest absolute Gasteiger partial charge is 0.258 e. The van der Waals surface area contributed by atoms with E-state index in [0.717, 1.165) is 30.8 Å². The van der Waals surface area contributed by atoms with Crippen molar-refractivity contribution in [3.05, 3.63) is 88.3 Å². The van der Waals surface area contributed by atoms with Crippen molar-refractivity contribution in [1.29, 1.82) is 0 Å². The van der Waals surface area contributed by atoms with Gasteiger partial charge in [-0.1, -0.05) is 36.4 Å². The first kappa shape index (κ1) is 18.0. The second kappa shape index (κ2) is 7.41. The van der Waals surface area contributed by atoms with Crippen LogP contribution in [0.5, 0.6) is 5.75 Å². The molecular weight excluding hydrogens is 362 g/mol. The number of benzene rings is 2. The summed E-state index contributed by atoms with van der Waals surface area (Å²) in [5.74, 6) is 1.12. The highest BCUT2D eigenvalue weighted by Crippen LogP contribution is 2.42. The topological polar surface area (TPSA) is 46.5 Å². The van der Waals surface area contributed by atoms with Gasteiger partial charge in [-0.15, -0.1) is 0 Å². The van der Waals surface area contributed by atoms with Crippen LogP contribution in [0.15, 0.2) is 71.7 Å². The number of likely N-dealkylation sites (N-methyl/N-ethyl adjacent to an activating group) is 1. The molecule has 1 saturated heterocycles. The van der Waals surface area contributed by atoms with Crippen LogP contribution in [-0.4, -0.2) is 30.7 Å². The van der Waals surface area contributed by atoms with E-state index in [1.165, 1.54) is 11.3 Å². The Morgan fingerprint density at radius 3 is 2.79 bits per heavy atom. The Labute approximate surface area is 170 Å². The van der Waals surface area contributed by atoms with Gasteiger partial charge < -0.3 is 15.0 Å². The number of rotatable bonds is 4. The summed E-state index contributed by atoms with van der Waals surface area (Å²) in [5.41, 5.74) is 4.49. The minimum atomic E-state index is -0.0877. The first-order valence-electron chi connectivity index (χ1n) is 10.2. The van der Waals surface area contributed by atoms with E-state index in [1.807, 2.05) is 36.4 Å². The molecular formula is C24H25N3O2. The highest BCUT2D eigenvalue weighted by molar-refractivity contribution is 5.65. The predicted molar refractivity (Wildman–Crippen MR) is 115 cm³/mol. The molecule has 3 aromatic rings. The Morgan fingerprint density at radius 1 is 1.10 bits per heavy atom. The maximum Gasteiger partial charge on any atom is 0.258 e. The Balaban J connectivity index is 1.39. The van der Waals surface area contributed by atoms with E-state index in [-0.39, 0.29) is 5.56 Å². The zero-order valence-electron chi connectivity index (χ0n) is 16.5. The summed E-state index contributed by atoms with van der Waals surface area (Å²) in [4.78, 5) is 15.1. The Hall–Kier alpha value is -3.05. The van der Waals surface area contributed by atoms with E-state index in [1.54, 1.807) is 16.8 Å². The number of ether oxygens (including phenoxy) is 1. The summed E-state index contributed by atoms with van der Waals surface area (Å²) in [6.45, 7) is 2.54. The van der Waals surface area contributed by atoms with Gasteiger partial charge >= 0.3 is 0 Å². The number of hydrogen-bond donors (Lipinski definition) is 1. The van der Waals surface area contributed by atoms with Crippen LogP contribution in [0.3, 0.4) is 0 Å². The number of anilines is 1. The zero-order valence-corrected chi connectivity index (χ0v) is 16.5. The van der Waals surface area contributed by atoms with Gasteiger partial charge in [-0.25, -0.2) is 0 Å². The van der Waals surface area contributed by atoms with E-state index in [0.29, 0.717) is 24.3 Å². The fraction of sp³-hybridized carbons (Fsp3) is 0.292. The summed E-state index contributed by atoms with van der Waals surface area (Å²) in [5, 5.41) is 3.51. The number of nitrogens with zero attached hydrogens (tertiary/aromatic N) is 2. The highest BCUT2D eigenvalue weighted by Gasteiger charge is 2.37. The third-order valence-electron chi connectivity index (χ3n) is 6.15. The molecule has 1 fully saturated rings. The average molecular weight is 387 g/mol. The minimum absolute atomic E-state index is 0.0877. The summed E-state index contributed by atoms with van der Waals surface area (Å²) in [6.07, 6.45) is 2.95. The molecule has 5 nitrogen and oxygen atoms in total. The van der Waals surface area contributed by atoms with Gasteiger partial charge in [0.05, 0.1) is 5.69 Å². The van der Waals surface area contributed by atoms with E-state index < -0.39 is 0 Å². The summed E-state index contributed by atoms with van der Waals surface area (Å²) in [7, 11) is 2.17. The van der Waals surface area contributed by atoms with Crippen molar-refractivity contribution in [2.24, 2.45) is 0 Å². The van der Waals surface area contributed by atoms with Crippen LogP contribution in [0.2, 0.25) is 0 Å². The lowest BCUT2D eigenvalue weighted by molar-refractivity contribution is 0.305. The summed E-state index contributed by atoms with van der Waals surface area (Å²) in [6, 6.07) is 20.3. The number of nitrogens with one attached hydrogen (secondary N) is 1. The molecule has 2 aromatic carbocycles. The maximum absolute atomic E-state index is 12.7. The van der Waals surface area contributed by atoms with Gasteiger partial charge in [-0.05, 0) is 42.3 Å². The quantitative estimate of drug-likeness (QED) is 0.746. The molecule has 148 valence electrons. The van der Waals surface area contributed by atoms with Crippen LogP contribution < -0.4 is 20.5 Å². The molecule has 0 amide bonds. The molecule has 0 bridgehead atoms. The summed E-state index contributed by atoms with van der Waals surface area (Å²) < 4.78 is 7.47. The van der Waals surface area contributed by atoms with Crippen molar-refractivity contribution >= 4 is 5.69 Å². The van der Waals surface area contributed by atoms with Gasteiger partial charge in [0.2, 0.25) is 0 Å². The van der Waals surface area contributed by atoms with E-state index in [2.05, 4.69) is 35.5 Å². The number of aromatic nitrogens is 1. The molecule has 1 aromatic heterocycles. The first-order valence-corrected chi connectivity index (χ1v) is 10.2. The number of pyridine rings is 1. The van der Waals surface area contributed by atoms with Gasteiger partial charge in [-0.2, -0.15) is 0 Å². The van der Waals surface area contributed by atoms with Crippen LogP contribution in [0.25, 0.3) is 5.69 Å². The molecule has 29 heavy (non-hydrogen) atoms. The van der Waals surface area contributed by atoms with Crippen molar-refractivity contribution in [1.82, 2.24) is 9.88 Å². The first-order chi connectivity index (χ1) is 14.2. The Bertz CT molecular complexity index is 1080. The predicted octanol–water partition coefficient (Wildman–Crippen LogP) is 3.31. The lowest BCUT2D eigenvalue weighted by Crippen LogP contribution is -2.42. The molecule has 0 aliphatic carbocycles. The second-order valence-corrected chi connectivity index (χ2v) is 7.87. The van der Waals surface area contributed by atoms with Gasteiger partial charge in [-0.3, -0.25) is 9.36 Å². The monoisotopic (exact) mass is 387 g/mol. The van der Waals surface area contributed by atoms with Crippen LogP contribution in [-0.2, 0) is 6.61 Å². The summed E-state index contributed by atoms with van der Waals surface area (Å²) >= 11 is 0. The molecule has 2 atom stereocenters. The Morgan fingerprint density at radius 2 is 1.97 bits per heavy atom. The Kier molecular flexibility index (Phi) is 4.60. The van der Waals surface area contributed by atoms with Crippen LogP contribution in [0, 0.1) is 0 Å². The van der Waals surface area contributed by atoms with Crippen LogP contribution in [0.1, 0.15) is 23.5 Å². The molecule has 5 rings (SSSR count). The van der Waals surface area contributed by atoms with Crippen molar-refractivity contribution in [2.45, 2.75) is 25.0 Å². The molecule has 0 radical (unpaired) electrons. The van der Waals surface area contributed by atoms with Crippen molar-refractivity contribution in [2.75, 3.05) is 25.0 Å². The van der Waals surface area contributed by atoms with Gasteiger partial charge in [0.15, 0.2) is 0 Å². The normalized spacial score (nSPS) is 20.2. The SMILES string of the molecule is CN1c2cc(-n3ccc(OCc4ccccc4)cc3=O)ccc2C2CNCCC21.